The summed E-state index contributed by atoms with van der Waals surface area (Å²) in [7, 11) is 1.53. The largest absolute Gasteiger partial charge is 0.497 e. The minimum Gasteiger partial charge on any atom is -0.497 e. The number of carboxylic acids is 1. The molecular formula is C15H21NO5. The molecule has 0 spiro atoms. The minimum atomic E-state index is -1.10. The predicted molar refractivity (Wildman–Crippen MR) is 77.9 cm³/mol. The fourth-order valence-electron chi connectivity index (χ4n) is 1.59. The molecule has 1 aromatic carbocycles. The van der Waals surface area contributed by atoms with Gasteiger partial charge in [-0.3, -0.25) is 9.59 Å². The van der Waals surface area contributed by atoms with Gasteiger partial charge in [0, 0.05) is 6.07 Å². The average molecular weight is 295 g/mol. The second-order valence-corrected chi connectivity index (χ2v) is 4.97. The Labute approximate surface area is 124 Å². The molecule has 1 aromatic rings. The highest BCUT2D eigenvalue weighted by Gasteiger charge is 2.14. The molecule has 0 saturated carbocycles. The van der Waals surface area contributed by atoms with Crippen LogP contribution in [-0.4, -0.2) is 37.2 Å². The fourth-order valence-corrected chi connectivity index (χ4v) is 1.59. The van der Waals surface area contributed by atoms with Crippen molar-refractivity contribution in [3.8, 4) is 11.5 Å². The topological polar surface area (TPSA) is 84.9 Å². The zero-order valence-electron chi connectivity index (χ0n) is 12.5. The van der Waals surface area contributed by atoms with Gasteiger partial charge in [0.05, 0.1) is 19.3 Å². The van der Waals surface area contributed by atoms with Crippen molar-refractivity contribution >= 4 is 11.9 Å². The lowest BCUT2D eigenvalue weighted by atomic mass is 10.1. The van der Waals surface area contributed by atoms with E-state index in [0.717, 1.165) is 6.42 Å². The van der Waals surface area contributed by atoms with Gasteiger partial charge in [-0.05, 0) is 24.5 Å². The summed E-state index contributed by atoms with van der Waals surface area (Å²) < 4.78 is 10.7. The molecule has 21 heavy (non-hydrogen) atoms. The summed E-state index contributed by atoms with van der Waals surface area (Å²) in [6.45, 7) is 4.20. The molecule has 6 nitrogen and oxygen atoms in total. The molecule has 0 atom stereocenters. The van der Waals surface area contributed by atoms with Crippen LogP contribution in [0.3, 0.4) is 0 Å². The monoisotopic (exact) mass is 295 g/mol. The van der Waals surface area contributed by atoms with Crippen LogP contribution in [0.25, 0.3) is 0 Å². The van der Waals surface area contributed by atoms with Crippen molar-refractivity contribution in [1.29, 1.82) is 0 Å². The third-order valence-corrected chi connectivity index (χ3v) is 2.79. The molecule has 0 heterocycles. The van der Waals surface area contributed by atoms with Gasteiger partial charge in [0.1, 0.15) is 18.0 Å². The van der Waals surface area contributed by atoms with Gasteiger partial charge in [0.25, 0.3) is 5.91 Å². The Morgan fingerprint density at radius 1 is 1.33 bits per heavy atom. The smallest absolute Gasteiger partial charge is 0.322 e. The third kappa shape index (κ3) is 5.72. The summed E-state index contributed by atoms with van der Waals surface area (Å²) in [4.78, 5) is 22.5. The molecule has 0 aliphatic carbocycles. The van der Waals surface area contributed by atoms with Crippen molar-refractivity contribution in [1.82, 2.24) is 5.32 Å². The number of nitrogens with one attached hydrogen (secondary N) is 1. The number of rotatable bonds is 8. The highest BCUT2D eigenvalue weighted by atomic mass is 16.5. The van der Waals surface area contributed by atoms with E-state index in [9.17, 15) is 9.59 Å². The van der Waals surface area contributed by atoms with Gasteiger partial charge in [-0.15, -0.1) is 0 Å². The maximum Gasteiger partial charge on any atom is 0.322 e. The van der Waals surface area contributed by atoms with Gasteiger partial charge in [-0.25, -0.2) is 0 Å². The standard InChI is InChI=1S/C15H21NO5/c1-10(2)6-7-21-13-8-11(20-3)4-5-12(13)15(19)16-9-14(17)18/h4-5,8,10H,6-7,9H2,1-3H3,(H,16,19)(H,17,18). The third-order valence-electron chi connectivity index (χ3n) is 2.79. The maximum absolute atomic E-state index is 12.0. The SMILES string of the molecule is COc1ccc(C(=O)NCC(=O)O)c(OCCC(C)C)c1. The van der Waals surface area contributed by atoms with Crippen LogP contribution >= 0.6 is 0 Å². The molecule has 1 amide bonds. The lowest BCUT2D eigenvalue weighted by molar-refractivity contribution is -0.135. The zero-order valence-corrected chi connectivity index (χ0v) is 12.5. The van der Waals surface area contributed by atoms with Gasteiger partial charge >= 0.3 is 5.97 Å². The molecule has 0 radical (unpaired) electrons. The lowest BCUT2D eigenvalue weighted by Crippen LogP contribution is -2.29. The number of aliphatic carboxylic acids is 1. The van der Waals surface area contributed by atoms with E-state index in [4.69, 9.17) is 14.6 Å². The molecule has 0 aliphatic heterocycles. The Kier molecular flexibility index (Phi) is 6.52. The Morgan fingerprint density at radius 2 is 2.05 bits per heavy atom. The number of carboxylic acid groups (broad SMARTS) is 1. The number of hydrogen-bond donors (Lipinski definition) is 2. The number of carbonyl (C=O) groups excluding carboxylic acids is 1. The van der Waals surface area contributed by atoms with Crippen LogP contribution in [-0.2, 0) is 4.79 Å². The highest BCUT2D eigenvalue weighted by molar-refractivity contribution is 5.98. The van der Waals surface area contributed by atoms with E-state index >= 15 is 0 Å². The Bertz CT molecular complexity index is 499. The summed E-state index contributed by atoms with van der Waals surface area (Å²) in [5, 5.41) is 10.9. The molecule has 0 aromatic heterocycles. The second kappa shape index (κ2) is 8.14. The minimum absolute atomic E-state index is 0.292. The van der Waals surface area contributed by atoms with Crippen molar-refractivity contribution in [2.45, 2.75) is 20.3 Å². The molecule has 1 rings (SSSR count). The normalized spacial score (nSPS) is 10.3. The van der Waals surface area contributed by atoms with Crippen LogP contribution in [0, 0.1) is 5.92 Å². The number of benzene rings is 1. The van der Waals surface area contributed by atoms with Crippen molar-refractivity contribution in [2.75, 3.05) is 20.3 Å². The van der Waals surface area contributed by atoms with Crippen molar-refractivity contribution in [3.05, 3.63) is 23.8 Å². The first kappa shape index (κ1) is 16.8. The molecule has 2 N–H and O–H groups in total. The number of hydrogen-bond acceptors (Lipinski definition) is 4. The second-order valence-electron chi connectivity index (χ2n) is 4.97. The predicted octanol–water partition coefficient (Wildman–Crippen LogP) is 1.93. The quantitative estimate of drug-likeness (QED) is 0.765. The van der Waals surface area contributed by atoms with Crippen LogP contribution in [0.1, 0.15) is 30.6 Å². The zero-order chi connectivity index (χ0) is 15.8. The molecule has 116 valence electrons. The molecule has 6 heteroatoms. The molecule has 0 fully saturated rings. The van der Waals surface area contributed by atoms with Crippen molar-refractivity contribution < 1.29 is 24.2 Å². The Hall–Kier alpha value is -2.24. The van der Waals surface area contributed by atoms with Gasteiger partial charge in [-0.1, -0.05) is 13.8 Å². The van der Waals surface area contributed by atoms with Gasteiger partial charge in [-0.2, -0.15) is 0 Å². The van der Waals surface area contributed by atoms with Crippen LogP contribution in [0.5, 0.6) is 11.5 Å². The van der Waals surface area contributed by atoms with E-state index in [2.05, 4.69) is 19.2 Å². The van der Waals surface area contributed by atoms with Gasteiger partial charge < -0.3 is 19.9 Å². The number of ether oxygens (including phenoxy) is 2. The van der Waals surface area contributed by atoms with Crippen LogP contribution in [0.2, 0.25) is 0 Å². The number of amides is 1. The van der Waals surface area contributed by atoms with E-state index in [1.165, 1.54) is 7.11 Å². The van der Waals surface area contributed by atoms with E-state index < -0.39 is 18.4 Å². The molecule has 0 aliphatic rings. The van der Waals surface area contributed by atoms with Gasteiger partial charge in [0.15, 0.2) is 0 Å². The summed E-state index contributed by atoms with van der Waals surface area (Å²) in [5.41, 5.74) is 0.292. The van der Waals surface area contributed by atoms with E-state index in [-0.39, 0.29) is 0 Å². The summed E-state index contributed by atoms with van der Waals surface area (Å²) in [6.07, 6.45) is 0.855. The lowest BCUT2D eigenvalue weighted by Gasteiger charge is -2.13. The van der Waals surface area contributed by atoms with Crippen molar-refractivity contribution in [2.24, 2.45) is 5.92 Å². The van der Waals surface area contributed by atoms with Crippen LogP contribution in [0.15, 0.2) is 18.2 Å². The first-order valence-electron chi connectivity index (χ1n) is 6.75. The van der Waals surface area contributed by atoms with E-state index in [0.29, 0.717) is 29.6 Å². The molecule has 0 unspecified atom stereocenters. The highest BCUT2D eigenvalue weighted by Crippen LogP contribution is 2.25. The van der Waals surface area contributed by atoms with Gasteiger partial charge in [0.2, 0.25) is 0 Å². The first-order chi connectivity index (χ1) is 9.93. The van der Waals surface area contributed by atoms with E-state index in [1.807, 2.05) is 0 Å². The van der Waals surface area contributed by atoms with E-state index in [1.54, 1.807) is 18.2 Å². The van der Waals surface area contributed by atoms with Crippen molar-refractivity contribution in [3.63, 3.8) is 0 Å². The first-order valence-corrected chi connectivity index (χ1v) is 6.75. The number of methoxy groups -OCH3 is 1. The average Bonchev–Trinajstić information content (AvgIpc) is 2.44. The fraction of sp³-hybridized carbons (Fsp3) is 0.467. The molecule has 0 bridgehead atoms. The molecular weight excluding hydrogens is 274 g/mol. The van der Waals surface area contributed by atoms with Crippen LogP contribution in [0.4, 0.5) is 0 Å². The summed E-state index contributed by atoms with van der Waals surface area (Å²) in [5.74, 6) is -0.138. The Balaban J connectivity index is 2.85. The molecule has 0 saturated heterocycles. The maximum atomic E-state index is 12.0. The Morgan fingerprint density at radius 3 is 2.62 bits per heavy atom. The summed E-state index contributed by atoms with van der Waals surface area (Å²) in [6, 6.07) is 4.81. The summed E-state index contributed by atoms with van der Waals surface area (Å²) >= 11 is 0. The number of carbonyl (C=O) groups is 2. The van der Waals surface area contributed by atoms with Crippen LogP contribution < -0.4 is 14.8 Å².